The molecule has 0 saturated carbocycles. The molecule has 1 aliphatic heterocycles. The lowest BCUT2D eigenvalue weighted by molar-refractivity contribution is 0.0946. The number of nitrogens with zero attached hydrogens (tertiary/aromatic N) is 1. The maximum Gasteiger partial charge on any atom is 0.251 e. The van der Waals surface area contributed by atoms with Gasteiger partial charge >= 0.3 is 0 Å². The third-order valence-corrected chi connectivity index (χ3v) is 4.42. The molecule has 2 aromatic rings. The number of nitrogens with one attached hydrogen (secondary N) is 2. The quantitative estimate of drug-likeness (QED) is 0.853. The number of hydrogen-bond donors (Lipinski definition) is 2. The first kappa shape index (κ1) is 16.7. The van der Waals surface area contributed by atoms with Crippen molar-refractivity contribution in [3.63, 3.8) is 0 Å². The molecule has 1 amide bonds. The number of benzene rings is 2. The Kier molecular flexibility index (Phi) is 5.99. The van der Waals surface area contributed by atoms with Crippen molar-refractivity contribution in [3.05, 3.63) is 71.3 Å². The summed E-state index contributed by atoms with van der Waals surface area (Å²) >= 11 is 0. The number of rotatable bonds is 6. The molecule has 0 aromatic heterocycles. The van der Waals surface area contributed by atoms with Crippen LogP contribution < -0.4 is 10.6 Å². The van der Waals surface area contributed by atoms with Crippen molar-refractivity contribution in [2.24, 2.45) is 0 Å². The minimum atomic E-state index is 0.0247. The van der Waals surface area contributed by atoms with Crippen molar-refractivity contribution in [3.8, 4) is 0 Å². The molecule has 1 aliphatic rings. The number of hydrogen-bond acceptors (Lipinski definition) is 3. The van der Waals surface area contributed by atoms with E-state index in [0.717, 1.165) is 50.3 Å². The van der Waals surface area contributed by atoms with Crippen LogP contribution in [0, 0.1) is 0 Å². The Balaban J connectivity index is 1.58. The minimum absolute atomic E-state index is 0.0247. The van der Waals surface area contributed by atoms with Gasteiger partial charge in [-0.25, -0.2) is 0 Å². The first-order valence-electron chi connectivity index (χ1n) is 8.66. The molecule has 0 spiro atoms. The molecular weight excluding hydrogens is 298 g/mol. The normalized spacial score (nSPS) is 15.2. The van der Waals surface area contributed by atoms with Crippen LogP contribution in [0.1, 0.15) is 21.5 Å². The Hall–Kier alpha value is -2.17. The minimum Gasteiger partial charge on any atom is -0.351 e. The monoisotopic (exact) mass is 323 g/mol. The maximum absolute atomic E-state index is 12.6. The van der Waals surface area contributed by atoms with Crippen LogP contribution in [0.15, 0.2) is 54.6 Å². The van der Waals surface area contributed by atoms with Crippen LogP contribution in [0.25, 0.3) is 0 Å². The average Bonchev–Trinajstić information content (AvgIpc) is 2.64. The molecule has 4 nitrogen and oxygen atoms in total. The van der Waals surface area contributed by atoms with Gasteiger partial charge in [0.1, 0.15) is 0 Å². The van der Waals surface area contributed by atoms with Gasteiger partial charge in [-0.3, -0.25) is 9.69 Å². The third-order valence-electron chi connectivity index (χ3n) is 4.42. The van der Waals surface area contributed by atoms with Crippen LogP contribution in [0.4, 0.5) is 0 Å². The summed E-state index contributed by atoms with van der Waals surface area (Å²) in [5.41, 5.74) is 3.07. The molecule has 1 saturated heterocycles. The van der Waals surface area contributed by atoms with Crippen molar-refractivity contribution in [2.45, 2.75) is 6.42 Å². The maximum atomic E-state index is 12.6. The fourth-order valence-corrected chi connectivity index (χ4v) is 3.07. The molecule has 1 heterocycles. The van der Waals surface area contributed by atoms with Gasteiger partial charge in [-0.05, 0) is 23.6 Å². The van der Waals surface area contributed by atoms with Gasteiger partial charge < -0.3 is 10.6 Å². The fraction of sp³-hybridized carbons (Fsp3) is 0.350. The van der Waals surface area contributed by atoms with Gasteiger partial charge in [-0.15, -0.1) is 0 Å². The predicted molar refractivity (Wildman–Crippen MR) is 97.3 cm³/mol. The summed E-state index contributed by atoms with van der Waals surface area (Å²) in [5, 5.41) is 6.41. The lowest BCUT2D eigenvalue weighted by Crippen LogP contribution is -2.46. The van der Waals surface area contributed by atoms with E-state index in [9.17, 15) is 4.79 Å². The van der Waals surface area contributed by atoms with E-state index in [0.29, 0.717) is 6.54 Å². The van der Waals surface area contributed by atoms with E-state index in [2.05, 4.69) is 27.7 Å². The van der Waals surface area contributed by atoms with Crippen LogP contribution >= 0.6 is 0 Å². The summed E-state index contributed by atoms with van der Waals surface area (Å²) in [6.45, 7) is 5.79. The topological polar surface area (TPSA) is 44.4 Å². The highest BCUT2D eigenvalue weighted by Gasteiger charge is 2.12. The van der Waals surface area contributed by atoms with Crippen LogP contribution in [0.2, 0.25) is 0 Å². The van der Waals surface area contributed by atoms with E-state index in [-0.39, 0.29) is 5.91 Å². The van der Waals surface area contributed by atoms with Crippen molar-refractivity contribution in [2.75, 3.05) is 39.3 Å². The average molecular weight is 323 g/mol. The van der Waals surface area contributed by atoms with E-state index < -0.39 is 0 Å². The Labute approximate surface area is 143 Å². The molecule has 0 aliphatic carbocycles. The van der Waals surface area contributed by atoms with E-state index in [1.807, 2.05) is 42.5 Å². The van der Waals surface area contributed by atoms with E-state index in [4.69, 9.17) is 0 Å². The van der Waals surface area contributed by atoms with Crippen molar-refractivity contribution in [1.29, 1.82) is 0 Å². The Morgan fingerprint density at radius 1 is 1.00 bits per heavy atom. The second kappa shape index (κ2) is 8.62. The zero-order valence-electron chi connectivity index (χ0n) is 14.0. The zero-order valence-corrected chi connectivity index (χ0v) is 14.0. The summed E-state index contributed by atoms with van der Waals surface area (Å²) in [6, 6.07) is 18.2. The van der Waals surface area contributed by atoms with Gasteiger partial charge in [-0.2, -0.15) is 0 Å². The molecule has 0 bridgehead atoms. The zero-order chi connectivity index (χ0) is 16.6. The second-order valence-corrected chi connectivity index (χ2v) is 6.17. The molecule has 0 unspecified atom stereocenters. The highest BCUT2D eigenvalue weighted by molar-refractivity contribution is 5.95. The Morgan fingerprint density at radius 3 is 2.50 bits per heavy atom. The highest BCUT2D eigenvalue weighted by atomic mass is 16.1. The smallest absolute Gasteiger partial charge is 0.251 e. The molecule has 0 atom stereocenters. The van der Waals surface area contributed by atoms with Crippen LogP contribution in [0.5, 0.6) is 0 Å². The number of amides is 1. The first-order valence-corrected chi connectivity index (χ1v) is 8.66. The summed E-state index contributed by atoms with van der Waals surface area (Å²) in [7, 11) is 0. The standard InChI is InChI=1S/C20H25N3O/c24-20(22-12-15-23-13-10-21-11-14-23)19-9-5-4-8-18(19)16-17-6-2-1-3-7-17/h1-9,21H,10-16H2,(H,22,24). The molecule has 0 radical (unpaired) electrons. The van der Waals surface area contributed by atoms with Crippen molar-refractivity contribution >= 4 is 5.91 Å². The van der Waals surface area contributed by atoms with Gasteiger partial charge in [0.15, 0.2) is 0 Å². The summed E-state index contributed by atoms with van der Waals surface area (Å²) in [4.78, 5) is 14.9. The largest absolute Gasteiger partial charge is 0.351 e. The van der Waals surface area contributed by atoms with Crippen molar-refractivity contribution < 1.29 is 4.79 Å². The third kappa shape index (κ3) is 4.66. The molecule has 2 aromatic carbocycles. The predicted octanol–water partition coefficient (Wildman–Crippen LogP) is 1.91. The van der Waals surface area contributed by atoms with Gasteiger partial charge in [0.2, 0.25) is 0 Å². The molecule has 3 rings (SSSR count). The highest BCUT2D eigenvalue weighted by Crippen LogP contribution is 2.14. The first-order chi connectivity index (χ1) is 11.8. The second-order valence-electron chi connectivity index (χ2n) is 6.17. The molecular formula is C20H25N3O. The van der Waals surface area contributed by atoms with Gasteiger partial charge in [0, 0.05) is 44.8 Å². The molecule has 1 fully saturated rings. The molecule has 2 N–H and O–H groups in total. The number of piperazine rings is 1. The van der Waals surface area contributed by atoms with Gasteiger partial charge in [0.05, 0.1) is 0 Å². The van der Waals surface area contributed by atoms with Crippen LogP contribution in [-0.2, 0) is 6.42 Å². The Bertz CT molecular complexity index is 651. The van der Waals surface area contributed by atoms with Gasteiger partial charge in [0.25, 0.3) is 5.91 Å². The molecule has 4 heteroatoms. The lowest BCUT2D eigenvalue weighted by Gasteiger charge is -2.27. The van der Waals surface area contributed by atoms with Gasteiger partial charge in [-0.1, -0.05) is 48.5 Å². The van der Waals surface area contributed by atoms with E-state index in [1.165, 1.54) is 5.56 Å². The fourth-order valence-electron chi connectivity index (χ4n) is 3.07. The lowest BCUT2D eigenvalue weighted by atomic mass is 9.99. The number of carbonyl (C=O) groups excluding carboxylic acids is 1. The summed E-state index contributed by atoms with van der Waals surface area (Å²) < 4.78 is 0. The number of carbonyl (C=O) groups is 1. The molecule has 24 heavy (non-hydrogen) atoms. The van der Waals surface area contributed by atoms with E-state index >= 15 is 0 Å². The van der Waals surface area contributed by atoms with Crippen LogP contribution in [0.3, 0.4) is 0 Å². The van der Waals surface area contributed by atoms with Crippen molar-refractivity contribution in [1.82, 2.24) is 15.5 Å². The Morgan fingerprint density at radius 2 is 1.71 bits per heavy atom. The SMILES string of the molecule is O=C(NCCN1CCNCC1)c1ccccc1Cc1ccccc1. The van der Waals surface area contributed by atoms with E-state index in [1.54, 1.807) is 0 Å². The van der Waals surface area contributed by atoms with Crippen LogP contribution in [-0.4, -0.2) is 50.1 Å². The molecule has 126 valence electrons. The summed E-state index contributed by atoms with van der Waals surface area (Å²) in [5.74, 6) is 0.0247. The summed E-state index contributed by atoms with van der Waals surface area (Å²) in [6.07, 6.45) is 0.780.